The Morgan fingerprint density at radius 1 is 1.34 bits per heavy atom. The van der Waals surface area contributed by atoms with E-state index in [-0.39, 0.29) is 12.2 Å². The fraction of sp³-hybridized carbons (Fsp3) is 0.250. The second kappa shape index (κ2) is 8.61. The van der Waals surface area contributed by atoms with Crippen LogP contribution >= 0.6 is 0 Å². The number of hydrogen-bond donors (Lipinski definition) is 3. The quantitative estimate of drug-likeness (QED) is 0.519. The third kappa shape index (κ3) is 4.30. The lowest BCUT2D eigenvalue weighted by Gasteiger charge is -2.12. The summed E-state index contributed by atoms with van der Waals surface area (Å²) >= 11 is 0. The van der Waals surface area contributed by atoms with Gasteiger partial charge in [-0.1, -0.05) is 0 Å². The number of carbonyl (C=O) groups is 2. The van der Waals surface area contributed by atoms with E-state index in [4.69, 9.17) is 19.6 Å². The van der Waals surface area contributed by atoms with Crippen molar-refractivity contribution in [3.8, 4) is 11.6 Å². The van der Waals surface area contributed by atoms with Crippen LogP contribution < -0.4 is 20.5 Å². The summed E-state index contributed by atoms with van der Waals surface area (Å²) in [4.78, 5) is 28.1. The highest BCUT2D eigenvalue weighted by Crippen LogP contribution is 2.30. The molecule has 1 atom stereocenters. The maximum Gasteiger partial charge on any atom is 0.256 e. The molecule has 0 saturated heterocycles. The average Bonchev–Trinajstić information content (AvgIpc) is 3.05. The predicted octanol–water partition coefficient (Wildman–Crippen LogP) is 1.30. The standard InChI is InChI=1S/C20H21N3O6/c1-11-17(19(26)23-15(9-24)18(21)25)14-8-13(5-6-16(14)29-11)28-10-12-4-3-7-22-20(12)27-2/h3-8,15,24H,9-10H2,1-2H3,(H2,21,25)(H,23,26). The number of fused-ring (bicyclic) bond motifs is 1. The number of furan rings is 1. The van der Waals surface area contributed by atoms with Gasteiger partial charge in [0, 0.05) is 11.6 Å². The number of aryl methyl sites for hydroxylation is 1. The number of ether oxygens (including phenoxy) is 2. The van der Waals surface area contributed by atoms with Gasteiger partial charge >= 0.3 is 0 Å². The first-order chi connectivity index (χ1) is 13.9. The zero-order valence-electron chi connectivity index (χ0n) is 16.0. The third-order valence-corrected chi connectivity index (χ3v) is 4.33. The molecule has 29 heavy (non-hydrogen) atoms. The molecule has 0 spiro atoms. The SMILES string of the molecule is COc1ncccc1COc1ccc2oc(C)c(C(=O)NC(CO)C(N)=O)c2c1. The van der Waals surface area contributed by atoms with E-state index in [9.17, 15) is 14.7 Å². The monoisotopic (exact) mass is 399 g/mol. The lowest BCUT2D eigenvalue weighted by Crippen LogP contribution is -2.46. The van der Waals surface area contributed by atoms with Crippen LogP contribution in [0.5, 0.6) is 11.6 Å². The van der Waals surface area contributed by atoms with E-state index in [1.54, 1.807) is 37.4 Å². The van der Waals surface area contributed by atoms with Crippen LogP contribution in [-0.2, 0) is 11.4 Å². The maximum absolute atomic E-state index is 12.6. The van der Waals surface area contributed by atoms with E-state index in [0.29, 0.717) is 28.4 Å². The summed E-state index contributed by atoms with van der Waals surface area (Å²) in [6.45, 7) is 1.25. The van der Waals surface area contributed by atoms with E-state index in [1.807, 2.05) is 6.07 Å². The number of nitrogens with zero attached hydrogens (tertiary/aromatic N) is 1. The van der Waals surface area contributed by atoms with Crippen molar-refractivity contribution in [2.45, 2.75) is 19.6 Å². The van der Waals surface area contributed by atoms with Crippen molar-refractivity contribution in [1.82, 2.24) is 10.3 Å². The van der Waals surface area contributed by atoms with Gasteiger partial charge in [0.15, 0.2) is 0 Å². The van der Waals surface area contributed by atoms with Crippen molar-refractivity contribution in [2.75, 3.05) is 13.7 Å². The van der Waals surface area contributed by atoms with Gasteiger partial charge < -0.3 is 30.0 Å². The van der Waals surface area contributed by atoms with Gasteiger partial charge in [-0.2, -0.15) is 0 Å². The number of aromatic nitrogens is 1. The number of aliphatic hydroxyl groups is 1. The second-order valence-corrected chi connectivity index (χ2v) is 6.26. The normalized spacial score (nSPS) is 11.8. The maximum atomic E-state index is 12.6. The summed E-state index contributed by atoms with van der Waals surface area (Å²) in [5.41, 5.74) is 6.66. The molecule has 0 aliphatic rings. The fourth-order valence-corrected chi connectivity index (χ4v) is 2.89. The summed E-state index contributed by atoms with van der Waals surface area (Å²) in [6, 6.07) is 7.50. The van der Waals surface area contributed by atoms with Crippen molar-refractivity contribution in [2.24, 2.45) is 5.73 Å². The number of methoxy groups -OCH3 is 1. The van der Waals surface area contributed by atoms with Gasteiger partial charge in [0.25, 0.3) is 5.91 Å². The Balaban J connectivity index is 1.86. The molecule has 2 amide bonds. The number of rotatable bonds is 8. The lowest BCUT2D eigenvalue weighted by atomic mass is 10.1. The van der Waals surface area contributed by atoms with Gasteiger partial charge in [0.1, 0.15) is 29.7 Å². The van der Waals surface area contributed by atoms with E-state index in [2.05, 4.69) is 10.3 Å². The first-order valence-electron chi connectivity index (χ1n) is 8.79. The zero-order chi connectivity index (χ0) is 21.0. The fourth-order valence-electron chi connectivity index (χ4n) is 2.89. The van der Waals surface area contributed by atoms with Crippen LogP contribution in [0.25, 0.3) is 11.0 Å². The summed E-state index contributed by atoms with van der Waals surface area (Å²) < 4.78 is 16.7. The van der Waals surface area contributed by atoms with Gasteiger partial charge in [0.05, 0.1) is 24.8 Å². The molecule has 152 valence electrons. The molecule has 9 heteroatoms. The first-order valence-corrected chi connectivity index (χ1v) is 8.79. The molecule has 1 aromatic carbocycles. The van der Waals surface area contributed by atoms with Crippen LogP contribution in [0, 0.1) is 6.92 Å². The molecule has 0 aliphatic heterocycles. The summed E-state index contributed by atoms with van der Waals surface area (Å²) in [6.07, 6.45) is 1.62. The van der Waals surface area contributed by atoms with Gasteiger partial charge in [0.2, 0.25) is 11.8 Å². The Morgan fingerprint density at radius 2 is 2.14 bits per heavy atom. The number of aliphatic hydroxyl groups excluding tert-OH is 1. The van der Waals surface area contributed by atoms with E-state index < -0.39 is 24.5 Å². The van der Waals surface area contributed by atoms with Crippen LogP contribution in [0.3, 0.4) is 0 Å². The minimum absolute atomic E-state index is 0.217. The topological polar surface area (TPSA) is 137 Å². The molecule has 2 heterocycles. The van der Waals surface area contributed by atoms with Crippen molar-refractivity contribution in [1.29, 1.82) is 0 Å². The molecule has 9 nitrogen and oxygen atoms in total. The molecular weight excluding hydrogens is 378 g/mol. The molecule has 0 aliphatic carbocycles. The number of carbonyl (C=O) groups excluding carboxylic acids is 2. The number of hydrogen-bond acceptors (Lipinski definition) is 7. The van der Waals surface area contributed by atoms with E-state index in [0.717, 1.165) is 5.56 Å². The van der Waals surface area contributed by atoms with Crippen molar-refractivity contribution in [3.05, 3.63) is 53.4 Å². The molecule has 3 rings (SSSR count). The molecule has 0 fully saturated rings. The first kappa shape index (κ1) is 20.2. The Hall–Kier alpha value is -3.59. The Labute approximate surface area is 166 Å². The number of pyridine rings is 1. The largest absolute Gasteiger partial charge is 0.489 e. The average molecular weight is 399 g/mol. The minimum Gasteiger partial charge on any atom is -0.489 e. The van der Waals surface area contributed by atoms with E-state index in [1.165, 1.54) is 7.11 Å². The van der Waals surface area contributed by atoms with Crippen LogP contribution in [0.4, 0.5) is 0 Å². The molecule has 0 saturated carbocycles. The van der Waals surface area contributed by atoms with Crippen molar-refractivity contribution < 1.29 is 28.6 Å². The smallest absolute Gasteiger partial charge is 0.256 e. The van der Waals surface area contributed by atoms with Crippen LogP contribution in [0.15, 0.2) is 40.9 Å². The minimum atomic E-state index is -1.19. The lowest BCUT2D eigenvalue weighted by molar-refractivity contribution is -0.120. The van der Waals surface area contributed by atoms with Crippen LogP contribution in [-0.4, -0.2) is 41.7 Å². The highest BCUT2D eigenvalue weighted by molar-refractivity contribution is 6.08. The molecule has 4 N–H and O–H groups in total. The van der Waals surface area contributed by atoms with Gasteiger partial charge in [-0.3, -0.25) is 9.59 Å². The van der Waals surface area contributed by atoms with Crippen LogP contribution in [0.2, 0.25) is 0 Å². The molecule has 0 radical (unpaired) electrons. The second-order valence-electron chi connectivity index (χ2n) is 6.26. The Bertz CT molecular complexity index is 1050. The Morgan fingerprint density at radius 3 is 2.83 bits per heavy atom. The number of benzene rings is 1. The number of primary amides is 1. The highest BCUT2D eigenvalue weighted by atomic mass is 16.5. The molecular formula is C20H21N3O6. The van der Waals surface area contributed by atoms with Crippen LogP contribution in [0.1, 0.15) is 21.7 Å². The summed E-state index contributed by atoms with van der Waals surface area (Å²) in [7, 11) is 1.53. The Kier molecular flexibility index (Phi) is 5.99. The summed E-state index contributed by atoms with van der Waals surface area (Å²) in [5, 5.41) is 12.1. The molecule has 2 aromatic heterocycles. The molecule has 1 unspecified atom stereocenters. The summed E-state index contributed by atoms with van der Waals surface area (Å²) in [5.74, 6) is -0.0724. The van der Waals surface area contributed by atoms with Gasteiger partial charge in [-0.15, -0.1) is 0 Å². The number of nitrogens with one attached hydrogen (secondary N) is 1. The predicted molar refractivity (Wildman–Crippen MR) is 104 cm³/mol. The molecule has 3 aromatic rings. The highest BCUT2D eigenvalue weighted by Gasteiger charge is 2.23. The van der Waals surface area contributed by atoms with Crippen molar-refractivity contribution in [3.63, 3.8) is 0 Å². The molecule has 0 bridgehead atoms. The van der Waals surface area contributed by atoms with Gasteiger partial charge in [-0.05, 0) is 37.3 Å². The van der Waals surface area contributed by atoms with Gasteiger partial charge in [-0.25, -0.2) is 4.98 Å². The van der Waals surface area contributed by atoms with Crippen molar-refractivity contribution >= 4 is 22.8 Å². The number of amides is 2. The third-order valence-electron chi connectivity index (χ3n) is 4.33. The number of nitrogens with two attached hydrogens (primary N) is 1. The van der Waals surface area contributed by atoms with E-state index >= 15 is 0 Å². The zero-order valence-corrected chi connectivity index (χ0v) is 16.0.